The Bertz CT molecular complexity index is 1050. The van der Waals surface area contributed by atoms with E-state index >= 15 is 0 Å². The van der Waals surface area contributed by atoms with Crippen molar-refractivity contribution in [2.45, 2.75) is 62.8 Å². The van der Waals surface area contributed by atoms with Crippen LogP contribution in [0.3, 0.4) is 0 Å². The molecule has 3 fully saturated rings. The first-order valence-corrected chi connectivity index (χ1v) is 13.8. The normalized spacial score (nSPS) is 28.2. The highest BCUT2D eigenvalue weighted by Crippen LogP contribution is 2.60. The number of unbranched alkanes of at least 4 members (excludes halogenated alkanes) is 2. The summed E-state index contributed by atoms with van der Waals surface area (Å²) in [6.07, 6.45) is 6.89. The minimum Gasteiger partial charge on any atom is -0.394 e. The van der Waals surface area contributed by atoms with Crippen LogP contribution in [0.25, 0.3) is 0 Å². The summed E-state index contributed by atoms with van der Waals surface area (Å²) < 4.78 is 6.57. The average Bonchev–Trinajstić information content (AvgIpc) is 3.56. The fourth-order valence-electron chi connectivity index (χ4n) is 6.73. The second-order valence-electron chi connectivity index (χ2n) is 10.7. The Balaban J connectivity index is 1.79. The van der Waals surface area contributed by atoms with E-state index in [4.69, 9.17) is 4.74 Å². The Morgan fingerprint density at radius 1 is 1.18 bits per heavy atom. The maximum absolute atomic E-state index is 14.4. The molecule has 1 N–H and O–H groups in total. The first kappa shape index (κ1) is 28.0. The van der Waals surface area contributed by atoms with E-state index < -0.39 is 35.6 Å². The molecule has 6 atom stereocenters. The summed E-state index contributed by atoms with van der Waals surface area (Å²) in [6.45, 7) is 10.6. The number of fused-ring (bicyclic) bond motifs is 1. The van der Waals surface area contributed by atoms with Gasteiger partial charge in [0.1, 0.15) is 11.6 Å². The monoisotopic (exact) mass is 523 g/mol. The van der Waals surface area contributed by atoms with Gasteiger partial charge in [0.05, 0.1) is 30.6 Å². The molecule has 3 saturated heterocycles. The van der Waals surface area contributed by atoms with Gasteiger partial charge in [0.25, 0.3) is 0 Å². The van der Waals surface area contributed by atoms with Crippen LogP contribution in [0.1, 0.15) is 50.6 Å². The standard InChI is InChI=1S/C30H41N3O5/c1-5-8-12-19-32(18-7-3)29(37)26-30-16-15-23(38-30)24(27(35)31(4)17-6-2)25(30)28(36)33(26)22(20-34)21-13-10-9-11-14-21/h6-7,9-11,13-14,22-26,34H,2-3,5,8,12,15-20H2,1,4H3/t22-,23-,24+,25+,26?,30?/m1/s1. The summed E-state index contributed by atoms with van der Waals surface area (Å²) in [6, 6.07) is 7.60. The number of rotatable bonds is 13. The fraction of sp³-hybridized carbons (Fsp3) is 0.567. The number of likely N-dealkylation sites (tertiary alicyclic amines) is 1. The van der Waals surface area contributed by atoms with Crippen LogP contribution in [0.5, 0.6) is 0 Å². The van der Waals surface area contributed by atoms with Gasteiger partial charge in [-0.15, -0.1) is 13.2 Å². The van der Waals surface area contributed by atoms with Crippen LogP contribution < -0.4 is 0 Å². The predicted octanol–water partition coefficient (Wildman–Crippen LogP) is 2.94. The SMILES string of the molecule is C=CCN(C)C(=O)[C@@H]1[C@H]2C(=O)N([C@H](CO)c3ccccc3)C(C(=O)N(CC=C)CCCCC)C23CC[C@H]1O3. The Labute approximate surface area is 225 Å². The van der Waals surface area contributed by atoms with Gasteiger partial charge < -0.3 is 24.5 Å². The molecule has 2 unspecified atom stereocenters. The summed E-state index contributed by atoms with van der Waals surface area (Å²) in [5.41, 5.74) is -0.374. The van der Waals surface area contributed by atoms with Crippen molar-refractivity contribution in [1.29, 1.82) is 0 Å². The third kappa shape index (κ3) is 4.69. The molecule has 3 heterocycles. The zero-order valence-electron chi connectivity index (χ0n) is 22.6. The van der Waals surface area contributed by atoms with Crippen molar-refractivity contribution in [3.05, 3.63) is 61.2 Å². The quantitative estimate of drug-likeness (QED) is 0.317. The average molecular weight is 524 g/mol. The minimum absolute atomic E-state index is 0.172. The van der Waals surface area contributed by atoms with Crippen LogP contribution in [0.2, 0.25) is 0 Å². The van der Waals surface area contributed by atoms with Gasteiger partial charge in [0.15, 0.2) is 0 Å². The molecule has 0 aliphatic carbocycles. The second kappa shape index (κ2) is 11.8. The molecular formula is C30H41N3O5. The lowest BCUT2D eigenvalue weighted by molar-refractivity contribution is -0.151. The number of ether oxygens (including phenoxy) is 1. The molecule has 1 aromatic carbocycles. The Morgan fingerprint density at radius 2 is 1.89 bits per heavy atom. The van der Waals surface area contributed by atoms with Gasteiger partial charge in [-0.05, 0) is 24.8 Å². The molecule has 0 radical (unpaired) electrons. The number of aliphatic hydroxyl groups excluding tert-OH is 1. The molecule has 206 valence electrons. The molecule has 3 aliphatic heterocycles. The van der Waals surface area contributed by atoms with Crippen molar-refractivity contribution in [2.75, 3.05) is 33.3 Å². The van der Waals surface area contributed by atoms with E-state index in [-0.39, 0.29) is 24.3 Å². The molecular weight excluding hydrogens is 482 g/mol. The van der Waals surface area contributed by atoms with E-state index in [1.54, 1.807) is 29.0 Å². The van der Waals surface area contributed by atoms with Crippen molar-refractivity contribution >= 4 is 17.7 Å². The van der Waals surface area contributed by atoms with Gasteiger partial charge in [-0.3, -0.25) is 14.4 Å². The van der Waals surface area contributed by atoms with E-state index in [2.05, 4.69) is 20.1 Å². The number of aliphatic hydroxyl groups is 1. The van der Waals surface area contributed by atoms with Crippen LogP contribution >= 0.6 is 0 Å². The smallest absolute Gasteiger partial charge is 0.248 e. The highest BCUT2D eigenvalue weighted by atomic mass is 16.5. The molecule has 4 rings (SSSR count). The van der Waals surface area contributed by atoms with Crippen LogP contribution in [-0.4, -0.2) is 88.6 Å². The van der Waals surface area contributed by atoms with E-state index in [1.807, 2.05) is 30.3 Å². The minimum atomic E-state index is -1.11. The molecule has 1 aromatic rings. The van der Waals surface area contributed by atoms with Crippen molar-refractivity contribution in [3.8, 4) is 0 Å². The maximum atomic E-state index is 14.4. The summed E-state index contributed by atoms with van der Waals surface area (Å²) in [5, 5.41) is 10.6. The molecule has 2 bridgehead atoms. The highest BCUT2D eigenvalue weighted by Gasteiger charge is 2.75. The van der Waals surface area contributed by atoms with Crippen molar-refractivity contribution in [1.82, 2.24) is 14.7 Å². The number of nitrogens with zero attached hydrogens (tertiary/aromatic N) is 3. The van der Waals surface area contributed by atoms with E-state index in [0.29, 0.717) is 32.5 Å². The number of likely N-dealkylation sites (N-methyl/N-ethyl adjacent to an activating group) is 1. The third-order valence-electron chi connectivity index (χ3n) is 8.42. The Hall–Kier alpha value is -2.97. The number of amides is 3. The summed E-state index contributed by atoms with van der Waals surface area (Å²) >= 11 is 0. The van der Waals surface area contributed by atoms with Gasteiger partial charge in [0.2, 0.25) is 17.7 Å². The number of hydrogen-bond donors (Lipinski definition) is 1. The lowest BCUT2D eigenvalue weighted by atomic mass is 9.70. The molecule has 8 heteroatoms. The third-order valence-corrected chi connectivity index (χ3v) is 8.42. The number of carbonyl (C=O) groups excluding carboxylic acids is 3. The molecule has 0 saturated carbocycles. The van der Waals surface area contributed by atoms with E-state index in [9.17, 15) is 19.5 Å². The van der Waals surface area contributed by atoms with Gasteiger partial charge in [-0.1, -0.05) is 62.2 Å². The summed E-state index contributed by atoms with van der Waals surface area (Å²) in [5.74, 6) is -2.14. The molecule has 8 nitrogen and oxygen atoms in total. The van der Waals surface area contributed by atoms with Gasteiger partial charge >= 0.3 is 0 Å². The predicted molar refractivity (Wildman–Crippen MR) is 145 cm³/mol. The topological polar surface area (TPSA) is 90.4 Å². The van der Waals surface area contributed by atoms with Crippen LogP contribution in [0.4, 0.5) is 0 Å². The van der Waals surface area contributed by atoms with Crippen LogP contribution in [-0.2, 0) is 19.1 Å². The molecule has 1 spiro atoms. The van der Waals surface area contributed by atoms with E-state index in [1.165, 1.54) is 4.90 Å². The summed E-state index contributed by atoms with van der Waals surface area (Å²) in [4.78, 5) is 47.2. The molecule has 0 aromatic heterocycles. The molecule has 3 aliphatic rings. The number of carbonyl (C=O) groups is 3. The second-order valence-corrected chi connectivity index (χ2v) is 10.7. The highest BCUT2D eigenvalue weighted by molar-refractivity contribution is 5.99. The first-order valence-electron chi connectivity index (χ1n) is 13.8. The van der Waals surface area contributed by atoms with Gasteiger partial charge in [-0.2, -0.15) is 0 Å². The van der Waals surface area contributed by atoms with Crippen LogP contribution in [0.15, 0.2) is 55.6 Å². The van der Waals surface area contributed by atoms with Crippen molar-refractivity contribution in [3.63, 3.8) is 0 Å². The number of hydrogen-bond acceptors (Lipinski definition) is 5. The molecule has 38 heavy (non-hydrogen) atoms. The lowest BCUT2D eigenvalue weighted by Gasteiger charge is -2.39. The summed E-state index contributed by atoms with van der Waals surface area (Å²) in [7, 11) is 1.70. The van der Waals surface area contributed by atoms with E-state index in [0.717, 1.165) is 24.8 Å². The largest absolute Gasteiger partial charge is 0.394 e. The first-order chi connectivity index (χ1) is 18.4. The Kier molecular flexibility index (Phi) is 8.73. The zero-order valence-corrected chi connectivity index (χ0v) is 22.6. The number of benzene rings is 1. The van der Waals surface area contributed by atoms with Crippen molar-refractivity contribution < 1.29 is 24.2 Å². The lowest BCUT2D eigenvalue weighted by Crippen LogP contribution is -2.57. The van der Waals surface area contributed by atoms with Crippen LogP contribution in [0, 0.1) is 11.8 Å². The zero-order chi connectivity index (χ0) is 27.4. The van der Waals surface area contributed by atoms with Crippen molar-refractivity contribution in [2.24, 2.45) is 11.8 Å². The maximum Gasteiger partial charge on any atom is 0.248 e. The van der Waals surface area contributed by atoms with Gasteiger partial charge in [0, 0.05) is 26.7 Å². The molecule has 3 amide bonds. The Morgan fingerprint density at radius 3 is 2.53 bits per heavy atom. The fourth-order valence-corrected chi connectivity index (χ4v) is 6.73. The van der Waals surface area contributed by atoms with Gasteiger partial charge in [-0.25, -0.2) is 0 Å².